The Morgan fingerprint density at radius 3 is 2.65 bits per heavy atom. The summed E-state index contributed by atoms with van der Waals surface area (Å²) in [4.78, 5) is -0.392. The average molecular weight is 316 g/mol. The van der Waals surface area contributed by atoms with Gasteiger partial charge in [-0.1, -0.05) is 25.2 Å². The maximum atomic E-state index is 13.8. The summed E-state index contributed by atoms with van der Waals surface area (Å²) < 4.78 is 40.5. The molecule has 20 heavy (non-hydrogen) atoms. The van der Waals surface area contributed by atoms with Crippen LogP contribution in [0.5, 0.6) is 0 Å². The van der Waals surface area contributed by atoms with Crippen LogP contribution in [0.1, 0.15) is 25.3 Å². The van der Waals surface area contributed by atoms with Crippen LogP contribution < -0.4 is 5.73 Å². The van der Waals surface area contributed by atoms with Crippen molar-refractivity contribution in [3.63, 3.8) is 0 Å². The average Bonchev–Trinajstić information content (AvgIpc) is 3.18. The first kappa shape index (κ1) is 15.3. The molecule has 0 spiro atoms. The normalized spacial score (nSPS) is 15.6. The molecule has 1 aliphatic rings. The Kier molecular flexibility index (Phi) is 4.41. The van der Waals surface area contributed by atoms with Gasteiger partial charge in [0.2, 0.25) is 10.0 Å². The van der Waals surface area contributed by atoms with Crippen molar-refractivity contribution in [2.24, 2.45) is 11.7 Å². The van der Waals surface area contributed by atoms with Gasteiger partial charge in [-0.3, -0.25) is 0 Å². The van der Waals surface area contributed by atoms with Crippen LogP contribution in [0.3, 0.4) is 0 Å². The predicted octanol–water partition coefficient (Wildman–Crippen LogP) is 1.88. The zero-order chi connectivity index (χ0) is 14.9. The first-order valence-electron chi connectivity index (χ1n) is 6.46. The summed E-state index contributed by atoms with van der Waals surface area (Å²) in [5.74, 6) is -0.299. The summed E-state index contributed by atoms with van der Waals surface area (Å²) in [7, 11) is -3.78. The molecule has 2 N–H and O–H groups in total. The molecular formula is C13H17FN2O2S2. The quantitative estimate of drug-likeness (QED) is 0.814. The van der Waals surface area contributed by atoms with E-state index in [9.17, 15) is 12.8 Å². The molecule has 0 radical (unpaired) electrons. The van der Waals surface area contributed by atoms with E-state index in [2.05, 4.69) is 0 Å². The molecule has 0 saturated heterocycles. The molecule has 1 aromatic carbocycles. The maximum absolute atomic E-state index is 13.8. The molecular weight excluding hydrogens is 299 g/mol. The molecule has 2 rings (SSSR count). The molecule has 4 nitrogen and oxygen atoms in total. The molecule has 0 bridgehead atoms. The highest BCUT2D eigenvalue weighted by Gasteiger charge is 2.33. The molecule has 0 aliphatic heterocycles. The van der Waals surface area contributed by atoms with E-state index in [-0.39, 0.29) is 15.4 Å². The van der Waals surface area contributed by atoms with Gasteiger partial charge in [0, 0.05) is 13.1 Å². The van der Waals surface area contributed by atoms with Crippen molar-refractivity contribution in [1.29, 1.82) is 0 Å². The summed E-state index contributed by atoms with van der Waals surface area (Å²) in [6, 6.07) is 3.86. The first-order chi connectivity index (χ1) is 9.37. The minimum absolute atomic E-state index is 0.146. The predicted molar refractivity (Wildman–Crippen MR) is 79.4 cm³/mol. The minimum Gasteiger partial charge on any atom is -0.389 e. The number of hydrogen-bond donors (Lipinski definition) is 1. The number of benzene rings is 1. The van der Waals surface area contributed by atoms with E-state index in [0.717, 1.165) is 18.9 Å². The third-order valence-corrected chi connectivity index (χ3v) is 5.54. The van der Waals surface area contributed by atoms with Gasteiger partial charge in [-0.05, 0) is 30.9 Å². The van der Waals surface area contributed by atoms with Gasteiger partial charge >= 0.3 is 0 Å². The van der Waals surface area contributed by atoms with Gasteiger partial charge in [0.1, 0.15) is 10.8 Å². The highest BCUT2D eigenvalue weighted by atomic mass is 32.2. The van der Waals surface area contributed by atoms with E-state index >= 15 is 0 Å². The van der Waals surface area contributed by atoms with Crippen molar-refractivity contribution in [3.05, 3.63) is 29.6 Å². The Balaban J connectivity index is 2.47. The fraction of sp³-hybridized carbons (Fsp3) is 0.462. The highest BCUT2D eigenvalue weighted by molar-refractivity contribution is 7.89. The Labute approximate surface area is 123 Å². The van der Waals surface area contributed by atoms with Gasteiger partial charge in [-0.25, -0.2) is 12.8 Å². The number of nitrogens with two attached hydrogens (primary N) is 1. The molecule has 0 atom stereocenters. The van der Waals surface area contributed by atoms with Crippen molar-refractivity contribution in [3.8, 4) is 0 Å². The molecule has 0 unspecified atom stereocenters. The monoisotopic (exact) mass is 316 g/mol. The van der Waals surface area contributed by atoms with Crippen molar-refractivity contribution < 1.29 is 12.8 Å². The second kappa shape index (κ2) is 5.75. The number of rotatable bonds is 6. The number of thiocarbonyl (C=S) groups is 1. The van der Waals surface area contributed by atoms with E-state index in [1.165, 1.54) is 16.4 Å². The molecule has 1 aromatic rings. The van der Waals surface area contributed by atoms with E-state index < -0.39 is 15.8 Å². The van der Waals surface area contributed by atoms with Gasteiger partial charge in [0.05, 0.1) is 10.5 Å². The van der Waals surface area contributed by atoms with E-state index in [1.54, 1.807) is 6.92 Å². The van der Waals surface area contributed by atoms with Crippen LogP contribution in [0, 0.1) is 11.7 Å². The lowest BCUT2D eigenvalue weighted by molar-refractivity contribution is 0.411. The summed E-state index contributed by atoms with van der Waals surface area (Å²) >= 11 is 4.78. The van der Waals surface area contributed by atoms with Crippen LogP contribution in [-0.2, 0) is 10.0 Å². The largest absolute Gasteiger partial charge is 0.389 e. The van der Waals surface area contributed by atoms with Crippen molar-refractivity contribution in [1.82, 2.24) is 4.31 Å². The fourth-order valence-corrected chi connectivity index (χ4v) is 4.10. The van der Waals surface area contributed by atoms with Gasteiger partial charge < -0.3 is 5.73 Å². The van der Waals surface area contributed by atoms with Gasteiger partial charge in [0.15, 0.2) is 0 Å². The van der Waals surface area contributed by atoms with Gasteiger partial charge in [0.25, 0.3) is 0 Å². The molecule has 110 valence electrons. The second-order valence-electron chi connectivity index (χ2n) is 4.88. The number of nitrogens with zero attached hydrogens (tertiary/aromatic N) is 1. The van der Waals surface area contributed by atoms with Crippen LogP contribution in [0.4, 0.5) is 4.39 Å². The van der Waals surface area contributed by atoms with Gasteiger partial charge in [-0.2, -0.15) is 4.31 Å². The molecule has 0 heterocycles. The Morgan fingerprint density at radius 2 is 2.15 bits per heavy atom. The van der Waals surface area contributed by atoms with E-state index in [1.807, 2.05) is 0 Å². The number of sulfonamides is 1. The fourth-order valence-electron chi connectivity index (χ4n) is 2.08. The van der Waals surface area contributed by atoms with Crippen molar-refractivity contribution in [2.75, 3.05) is 13.1 Å². The Morgan fingerprint density at radius 1 is 1.50 bits per heavy atom. The Hall–Kier alpha value is -1.05. The van der Waals surface area contributed by atoms with Crippen molar-refractivity contribution >= 4 is 27.2 Å². The number of halogens is 1. The van der Waals surface area contributed by atoms with Crippen LogP contribution in [0.2, 0.25) is 0 Å². The summed E-state index contributed by atoms with van der Waals surface area (Å²) in [5, 5.41) is 0. The van der Waals surface area contributed by atoms with Crippen molar-refractivity contribution in [2.45, 2.75) is 24.7 Å². The zero-order valence-corrected chi connectivity index (χ0v) is 12.8. The summed E-state index contributed by atoms with van der Waals surface area (Å²) in [6.45, 7) is 2.57. The smallest absolute Gasteiger partial charge is 0.243 e. The lowest BCUT2D eigenvalue weighted by Gasteiger charge is -2.22. The highest BCUT2D eigenvalue weighted by Crippen LogP contribution is 2.32. The number of hydrogen-bond acceptors (Lipinski definition) is 3. The lowest BCUT2D eigenvalue weighted by atomic mass is 10.2. The van der Waals surface area contributed by atoms with E-state index in [4.69, 9.17) is 18.0 Å². The molecule has 1 aliphatic carbocycles. The third-order valence-electron chi connectivity index (χ3n) is 3.35. The van der Waals surface area contributed by atoms with Crippen LogP contribution in [0.15, 0.2) is 23.1 Å². The van der Waals surface area contributed by atoms with Crippen LogP contribution in [0.25, 0.3) is 0 Å². The van der Waals surface area contributed by atoms with E-state index in [0.29, 0.717) is 19.0 Å². The molecule has 1 saturated carbocycles. The summed E-state index contributed by atoms with van der Waals surface area (Å²) in [5.41, 5.74) is 5.28. The minimum atomic E-state index is -3.78. The standard InChI is InChI=1S/C13H17FN2O2S2/c1-2-16(8-9-6-7-9)20(17,18)11-5-3-4-10(14)12(11)13(15)19/h3-5,9H,2,6-8H2,1H3,(H2,15,19). The van der Waals surface area contributed by atoms with Gasteiger partial charge in [-0.15, -0.1) is 0 Å². The van der Waals surface area contributed by atoms with Crippen LogP contribution in [-0.4, -0.2) is 30.8 Å². The second-order valence-corrected chi connectivity index (χ2v) is 7.22. The van der Waals surface area contributed by atoms with Crippen LogP contribution >= 0.6 is 12.2 Å². The lowest BCUT2D eigenvalue weighted by Crippen LogP contribution is -2.34. The molecule has 0 amide bonds. The third kappa shape index (κ3) is 2.99. The first-order valence-corrected chi connectivity index (χ1v) is 8.31. The zero-order valence-electron chi connectivity index (χ0n) is 11.2. The molecule has 0 aromatic heterocycles. The Bertz CT molecular complexity index is 627. The molecule has 1 fully saturated rings. The topological polar surface area (TPSA) is 63.4 Å². The molecule has 7 heteroatoms. The maximum Gasteiger partial charge on any atom is 0.243 e. The SMILES string of the molecule is CCN(CC1CC1)S(=O)(=O)c1cccc(F)c1C(N)=S. The summed E-state index contributed by atoms with van der Waals surface area (Å²) in [6.07, 6.45) is 2.08.